The molecule has 0 bridgehead atoms. The van der Waals surface area contributed by atoms with Crippen LogP contribution in [0.1, 0.15) is 49.7 Å². The molecule has 3 aromatic heterocycles. The van der Waals surface area contributed by atoms with E-state index >= 15 is 0 Å². The summed E-state index contributed by atoms with van der Waals surface area (Å²) in [4.78, 5) is 49.4. The maximum atomic E-state index is 13.4. The van der Waals surface area contributed by atoms with Crippen molar-refractivity contribution in [3.63, 3.8) is 0 Å². The molecular weight excluding hydrogens is 709 g/mol. The van der Waals surface area contributed by atoms with E-state index in [-0.39, 0.29) is 23.7 Å². The molecule has 52 heavy (non-hydrogen) atoms. The van der Waals surface area contributed by atoms with Crippen molar-refractivity contribution in [1.82, 2.24) is 33.6 Å². The van der Waals surface area contributed by atoms with Gasteiger partial charge < -0.3 is 19.3 Å². The fourth-order valence-electron chi connectivity index (χ4n) is 6.46. The van der Waals surface area contributed by atoms with Crippen molar-refractivity contribution in [2.45, 2.75) is 45.1 Å². The summed E-state index contributed by atoms with van der Waals surface area (Å²) in [6.45, 7) is 3.78. The monoisotopic (exact) mass is 747 g/mol. The lowest BCUT2D eigenvalue weighted by Gasteiger charge is -2.30. The minimum atomic E-state index is -0.527. The average molecular weight is 749 g/mol. The van der Waals surface area contributed by atoms with E-state index in [1.54, 1.807) is 54.2 Å². The van der Waals surface area contributed by atoms with Crippen LogP contribution in [0.4, 0.5) is 17.8 Å². The molecule has 2 aliphatic heterocycles. The number of nitrogens with one attached hydrogen (secondary N) is 1. The van der Waals surface area contributed by atoms with Gasteiger partial charge in [-0.3, -0.25) is 18.5 Å². The summed E-state index contributed by atoms with van der Waals surface area (Å²) >= 11 is 12.7. The van der Waals surface area contributed by atoms with Crippen molar-refractivity contribution in [3.8, 4) is 17.5 Å². The minimum absolute atomic E-state index is 0.0598. The van der Waals surface area contributed by atoms with Gasteiger partial charge in [0, 0.05) is 50.3 Å². The number of aryl methyl sites for hydroxylation is 1. The van der Waals surface area contributed by atoms with Crippen molar-refractivity contribution >= 4 is 58.4 Å². The third kappa shape index (κ3) is 7.28. The standard InChI is InChI=1S/C35H39Cl2N11O4/c1-44-29-28(30(49)45(2)35(44)50)48(21-23-11-12-24(36)19-25(23)37)34(39-29)52-26-13-10-22(18-27(26)51-3)20-38-43-31-40-32(46-14-6-4-7-15-46)42-33(41-31)47-16-8-5-9-17-47/h10-13,18-20H,4-9,14-17,21H2,1-3H3,(H,40,41,42,43). The molecule has 0 amide bonds. The highest BCUT2D eigenvalue weighted by molar-refractivity contribution is 6.35. The van der Waals surface area contributed by atoms with Gasteiger partial charge >= 0.3 is 11.7 Å². The van der Waals surface area contributed by atoms with Gasteiger partial charge in [0.1, 0.15) is 0 Å². The van der Waals surface area contributed by atoms with Crippen LogP contribution in [-0.2, 0) is 20.6 Å². The first-order chi connectivity index (χ1) is 25.2. The van der Waals surface area contributed by atoms with E-state index in [0.29, 0.717) is 50.5 Å². The van der Waals surface area contributed by atoms with Gasteiger partial charge in [-0.05, 0) is 80.0 Å². The number of hydrogen-bond donors (Lipinski definition) is 1. The zero-order valence-electron chi connectivity index (χ0n) is 29.2. The Morgan fingerprint density at radius 1 is 0.827 bits per heavy atom. The molecule has 5 heterocycles. The summed E-state index contributed by atoms with van der Waals surface area (Å²) in [5.41, 5.74) is 3.67. The Kier molecular flexibility index (Phi) is 10.3. The van der Waals surface area contributed by atoms with E-state index in [1.807, 2.05) is 0 Å². The predicted octanol–water partition coefficient (Wildman–Crippen LogP) is 5.20. The summed E-state index contributed by atoms with van der Waals surface area (Å²) in [5, 5.41) is 5.32. The molecule has 0 atom stereocenters. The molecule has 2 aromatic carbocycles. The largest absolute Gasteiger partial charge is 0.493 e. The summed E-state index contributed by atoms with van der Waals surface area (Å²) in [6.07, 6.45) is 8.50. The molecule has 15 nitrogen and oxygen atoms in total. The second-order valence-electron chi connectivity index (χ2n) is 12.8. The molecule has 0 unspecified atom stereocenters. The van der Waals surface area contributed by atoms with Gasteiger partial charge in [-0.25, -0.2) is 10.2 Å². The average Bonchev–Trinajstić information content (AvgIpc) is 3.52. The van der Waals surface area contributed by atoms with E-state index < -0.39 is 11.2 Å². The third-order valence-electron chi connectivity index (χ3n) is 9.31. The molecule has 1 N–H and O–H groups in total. The smallest absolute Gasteiger partial charge is 0.332 e. The molecule has 2 saturated heterocycles. The van der Waals surface area contributed by atoms with Crippen molar-refractivity contribution < 1.29 is 9.47 Å². The van der Waals surface area contributed by atoms with Crippen LogP contribution >= 0.6 is 23.2 Å². The highest BCUT2D eigenvalue weighted by atomic mass is 35.5. The Morgan fingerprint density at radius 3 is 2.13 bits per heavy atom. The van der Waals surface area contributed by atoms with Gasteiger partial charge in [-0.15, -0.1) is 0 Å². The number of hydrazone groups is 1. The molecule has 5 aromatic rings. The number of aromatic nitrogens is 7. The fourth-order valence-corrected chi connectivity index (χ4v) is 6.93. The molecule has 2 fully saturated rings. The van der Waals surface area contributed by atoms with Gasteiger partial charge in [0.25, 0.3) is 5.56 Å². The van der Waals surface area contributed by atoms with Crippen molar-refractivity contribution in [2.24, 2.45) is 19.2 Å². The van der Waals surface area contributed by atoms with Gasteiger partial charge in [0.15, 0.2) is 22.7 Å². The van der Waals surface area contributed by atoms with Gasteiger partial charge in [-0.1, -0.05) is 29.3 Å². The number of anilines is 3. The molecule has 272 valence electrons. The van der Waals surface area contributed by atoms with Crippen LogP contribution in [0, 0.1) is 0 Å². The van der Waals surface area contributed by atoms with Crippen LogP contribution in [0.3, 0.4) is 0 Å². The summed E-state index contributed by atoms with van der Waals surface area (Å²) in [7, 11) is 4.48. The Labute approximate surface area is 309 Å². The van der Waals surface area contributed by atoms with E-state index in [9.17, 15) is 9.59 Å². The highest BCUT2D eigenvalue weighted by Gasteiger charge is 2.23. The molecular formula is C35H39Cl2N11O4. The fraction of sp³-hybridized carbons (Fsp3) is 0.400. The molecule has 0 saturated carbocycles. The number of ether oxygens (including phenoxy) is 2. The Morgan fingerprint density at radius 2 is 1.50 bits per heavy atom. The van der Waals surface area contributed by atoms with E-state index in [0.717, 1.165) is 56.4 Å². The number of imidazole rings is 1. The molecule has 0 aliphatic carbocycles. The second kappa shape index (κ2) is 15.2. The van der Waals surface area contributed by atoms with Gasteiger partial charge in [-0.2, -0.15) is 25.0 Å². The zero-order valence-corrected chi connectivity index (χ0v) is 30.7. The Balaban J connectivity index is 1.17. The molecule has 0 radical (unpaired) electrons. The number of methoxy groups -OCH3 is 1. The number of benzene rings is 2. The minimum Gasteiger partial charge on any atom is -0.493 e. The lowest BCUT2D eigenvalue weighted by atomic mass is 10.1. The lowest BCUT2D eigenvalue weighted by molar-refractivity contribution is 0.361. The SMILES string of the molecule is COc1cc(C=NNc2nc(N3CCCCC3)nc(N3CCCCC3)n2)ccc1Oc1nc2c(c(=O)n(C)c(=O)n2C)n1Cc1ccc(Cl)cc1Cl. The molecule has 7 rings (SSSR count). The molecule has 2 aliphatic rings. The van der Waals surface area contributed by atoms with Crippen LogP contribution in [-0.4, -0.2) is 73.1 Å². The zero-order chi connectivity index (χ0) is 36.4. The second-order valence-corrected chi connectivity index (χ2v) is 13.7. The number of nitrogens with zero attached hydrogens (tertiary/aromatic N) is 10. The number of hydrogen-bond acceptors (Lipinski definition) is 12. The van der Waals surface area contributed by atoms with Crippen LogP contribution < -0.4 is 35.9 Å². The van der Waals surface area contributed by atoms with E-state index in [2.05, 4.69) is 25.3 Å². The normalized spacial score (nSPS) is 15.1. The first-order valence-corrected chi connectivity index (χ1v) is 18.0. The Bertz CT molecular complexity index is 2220. The number of piperidine rings is 2. The quantitative estimate of drug-likeness (QED) is 0.148. The molecule has 0 spiro atoms. The topological polar surface area (TPSA) is 150 Å². The van der Waals surface area contributed by atoms with Crippen LogP contribution in [0.15, 0.2) is 51.1 Å². The van der Waals surface area contributed by atoms with Crippen LogP contribution in [0.2, 0.25) is 10.0 Å². The first-order valence-electron chi connectivity index (χ1n) is 17.2. The number of rotatable bonds is 10. The van der Waals surface area contributed by atoms with Crippen LogP contribution in [0.25, 0.3) is 11.2 Å². The van der Waals surface area contributed by atoms with Crippen LogP contribution in [0.5, 0.6) is 17.5 Å². The first kappa shape index (κ1) is 35.3. The maximum Gasteiger partial charge on any atom is 0.332 e. The van der Waals surface area contributed by atoms with E-state index in [4.69, 9.17) is 47.6 Å². The maximum absolute atomic E-state index is 13.4. The van der Waals surface area contributed by atoms with Gasteiger partial charge in [0.2, 0.25) is 17.8 Å². The number of halogens is 2. The van der Waals surface area contributed by atoms with Gasteiger partial charge in [0.05, 0.1) is 19.9 Å². The van der Waals surface area contributed by atoms with Crippen molar-refractivity contribution in [1.29, 1.82) is 0 Å². The molecule has 17 heteroatoms. The van der Waals surface area contributed by atoms with E-state index in [1.165, 1.54) is 31.6 Å². The predicted molar refractivity (Wildman–Crippen MR) is 202 cm³/mol. The highest BCUT2D eigenvalue weighted by Crippen LogP contribution is 2.34. The van der Waals surface area contributed by atoms with Crippen molar-refractivity contribution in [2.75, 3.05) is 48.5 Å². The van der Waals surface area contributed by atoms with Crippen molar-refractivity contribution in [3.05, 3.63) is 78.4 Å². The summed E-state index contributed by atoms with van der Waals surface area (Å²) in [6, 6.07) is 10.4. The Hall–Kier alpha value is -5.15. The summed E-state index contributed by atoms with van der Waals surface area (Å²) < 4.78 is 15.9. The lowest BCUT2D eigenvalue weighted by Crippen LogP contribution is -2.37. The third-order valence-corrected chi connectivity index (χ3v) is 9.90. The number of fused-ring (bicyclic) bond motifs is 1. The summed E-state index contributed by atoms with van der Waals surface area (Å²) in [5.74, 6) is 2.41.